The van der Waals surface area contributed by atoms with Crippen LogP contribution in [0.1, 0.15) is 5.56 Å². The van der Waals surface area contributed by atoms with E-state index < -0.39 is 4.92 Å². The molecule has 0 spiro atoms. The fourth-order valence-corrected chi connectivity index (χ4v) is 1.51. The maximum Gasteiger partial charge on any atom is 0.269 e. The van der Waals surface area contributed by atoms with Crippen LogP contribution < -0.4 is 11.5 Å². The lowest BCUT2D eigenvalue weighted by atomic mass is 10.1. The Morgan fingerprint density at radius 1 is 1.39 bits per heavy atom. The quantitative estimate of drug-likeness (QED) is 0.276. The minimum Gasteiger partial charge on any atom is -0.401 e. The number of benzene rings is 1. The summed E-state index contributed by atoms with van der Waals surface area (Å²) in [6, 6.07) is 7.71. The average Bonchev–Trinajstić information content (AvgIpc) is 2.29. The predicted octanol–water partition coefficient (Wildman–Crippen LogP) is 1.16. The van der Waals surface area contributed by atoms with Gasteiger partial charge in [-0.1, -0.05) is 24.4 Å². The molecule has 92 valence electrons. The molecule has 0 saturated heterocycles. The topological polar surface area (TPSA) is 119 Å². The third-order valence-electron chi connectivity index (χ3n) is 2.22. The number of thiocarbonyl (C=S) groups is 1. The average molecular weight is 262 g/mol. The Balaban J connectivity index is 2.95. The molecule has 6 nitrogen and oxygen atoms in total. The molecule has 0 aliphatic rings. The van der Waals surface area contributed by atoms with Crippen LogP contribution in [-0.2, 0) is 6.42 Å². The van der Waals surface area contributed by atoms with Gasteiger partial charge in [-0.15, -0.1) is 0 Å². The molecule has 0 bridgehead atoms. The number of nitrogens with two attached hydrogens (primary N) is 2. The molecule has 0 fully saturated rings. The molecule has 0 radical (unpaired) electrons. The summed E-state index contributed by atoms with van der Waals surface area (Å²) in [5, 5.41) is 19.3. The normalized spacial score (nSPS) is 11.3. The van der Waals surface area contributed by atoms with Crippen molar-refractivity contribution in [3.05, 3.63) is 51.2 Å². The molecule has 1 rings (SSSR count). The Hall–Kier alpha value is -2.46. The van der Waals surface area contributed by atoms with Crippen molar-refractivity contribution >= 4 is 22.9 Å². The maximum absolute atomic E-state index is 10.5. The van der Waals surface area contributed by atoms with Crippen LogP contribution in [0.5, 0.6) is 0 Å². The standard InChI is InChI=1S/C11H10N4O2S/c12-6-9(11(14)18)10(13)5-7-1-3-8(4-2-7)15(16)17/h1-4H,5,13H2,(H2,14,18). The number of nitro benzene ring substituents is 1. The van der Waals surface area contributed by atoms with Crippen molar-refractivity contribution in [2.24, 2.45) is 11.5 Å². The first-order valence-corrected chi connectivity index (χ1v) is 5.28. The predicted molar refractivity (Wildman–Crippen MR) is 70.4 cm³/mol. The van der Waals surface area contributed by atoms with E-state index in [2.05, 4.69) is 0 Å². The van der Waals surface area contributed by atoms with Gasteiger partial charge in [0.2, 0.25) is 0 Å². The van der Waals surface area contributed by atoms with E-state index in [1.165, 1.54) is 12.1 Å². The lowest BCUT2D eigenvalue weighted by molar-refractivity contribution is -0.384. The Bertz CT molecular complexity index is 557. The molecule has 0 heterocycles. The first kappa shape index (κ1) is 13.6. The summed E-state index contributed by atoms with van der Waals surface area (Å²) in [4.78, 5) is 9.93. The highest BCUT2D eigenvalue weighted by atomic mass is 32.1. The molecule has 0 atom stereocenters. The van der Waals surface area contributed by atoms with Gasteiger partial charge in [-0.2, -0.15) is 5.26 Å². The van der Waals surface area contributed by atoms with E-state index in [9.17, 15) is 10.1 Å². The number of hydrogen-bond acceptors (Lipinski definition) is 5. The summed E-state index contributed by atoms with van der Waals surface area (Å²) in [5.74, 6) is 0. The van der Waals surface area contributed by atoms with Crippen LogP contribution in [0.4, 0.5) is 5.69 Å². The Morgan fingerprint density at radius 3 is 2.33 bits per heavy atom. The second-order valence-electron chi connectivity index (χ2n) is 3.48. The van der Waals surface area contributed by atoms with E-state index in [1.54, 1.807) is 12.1 Å². The summed E-state index contributed by atoms with van der Waals surface area (Å²) in [6.45, 7) is 0. The summed E-state index contributed by atoms with van der Waals surface area (Å²) in [5.41, 5.74) is 12.1. The monoisotopic (exact) mass is 262 g/mol. The van der Waals surface area contributed by atoms with Crippen LogP contribution in [0.2, 0.25) is 0 Å². The van der Waals surface area contributed by atoms with Crippen molar-refractivity contribution in [2.45, 2.75) is 6.42 Å². The molecule has 1 aromatic carbocycles. The van der Waals surface area contributed by atoms with Gasteiger partial charge in [-0.25, -0.2) is 0 Å². The van der Waals surface area contributed by atoms with Gasteiger partial charge >= 0.3 is 0 Å². The van der Waals surface area contributed by atoms with E-state index in [-0.39, 0.29) is 28.4 Å². The highest BCUT2D eigenvalue weighted by molar-refractivity contribution is 7.80. The minimum absolute atomic E-state index is 0.00356. The SMILES string of the molecule is N#CC(C(N)=S)=C(N)Cc1ccc([N+](=O)[O-])cc1. The van der Waals surface area contributed by atoms with Crippen molar-refractivity contribution in [2.75, 3.05) is 0 Å². The molecule has 7 heteroatoms. The van der Waals surface area contributed by atoms with Crippen LogP contribution >= 0.6 is 12.2 Å². The Morgan fingerprint density at radius 2 is 1.94 bits per heavy atom. The van der Waals surface area contributed by atoms with Gasteiger partial charge < -0.3 is 11.5 Å². The fourth-order valence-electron chi connectivity index (χ4n) is 1.33. The Labute approximate surface area is 109 Å². The van der Waals surface area contributed by atoms with Gasteiger partial charge in [0.1, 0.15) is 16.6 Å². The molecular weight excluding hydrogens is 252 g/mol. The third kappa shape index (κ3) is 3.26. The number of nitriles is 1. The van der Waals surface area contributed by atoms with Gasteiger partial charge in [-0.05, 0) is 5.56 Å². The first-order valence-electron chi connectivity index (χ1n) is 4.87. The zero-order chi connectivity index (χ0) is 13.7. The van der Waals surface area contributed by atoms with E-state index in [4.69, 9.17) is 28.9 Å². The fraction of sp³-hybridized carbons (Fsp3) is 0.0909. The number of nitro groups is 1. The van der Waals surface area contributed by atoms with Gasteiger partial charge in [-0.3, -0.25) is 10.1 Å². The highest BCUT2D eigenvalue weighted by Crippen LogP contribution is 2.14. The number of nitrogens with zero attached hydrogens (tertiary/aromatic N) is 2. The highest BCUT2D eigenvalue weighted by Gasteiger charge is 2.08. The van der Waals surface area contributed by atoms with Crippen molar-refractivity contribution in [1.82, 2.24) is 0 Å². The first-order chi connectivity index (χ1) is 8.45. The van der Waals surface area contributed by atoms with Gasteiger partial charge in [0.25, 0.3) is 5.69 Å². The van der Waals surface area contributed by atoms with E-state index in [0.717, 1.165) is 5.56 Å². The van der Waals surface area contributed by atoms with E-state index in [1.807, 2.05) is 6.07 Å². The van der Waals surface area contributed by atoms with E-state index in [0.29, 0.717) is 0 Å². The summed E-state index contributed by atoms with van der Waals surface area (Å²) < 4.78 is 0. The number of allylic oxidation sites excluding steroid dienone is 1. The molecular formula is C11H10N4O2S. The van der Waals surface area contributed by atoms with Crippen molar-refractivity contribution < 1.29 is 4.92 Å². The van der Waals surface area contributed by atoms with Crippen molar-refractivity contribution in [3.63, 3.8) is 0 Å². The summed E-state index contributed by atoms with van der Waals surface area (Å²) in [7, 11) is 0. The zero-order valence-corrected chi connectivity index (χ0v) is 10.1. The maximum atomic E-state index is 10.5. The molecule has 18 heavy (non-hydrogen) atoms. The molecule has 4 N–H and O–H groups in total. The minimum atomic E-state index is -0.487. The number of non-ortho nitro benzene ring substituents is 1. The second kappa shape index (κ2) is 5.75. The number of rotatable bonds is 4. The van der Waals surface area contributed by atoms with E-state index >= 15 is 0 Å². The lowest BCUT2D eigenvalue weighted by Crippen LogP contribution is -2.17. The summed E-state index contributed by atoms with van der Waals surface area (Å²) >= 11 is 4.69. The van der Waals surface area contributed by atoms with Gasteiger partial charge in [0.15, 0.2) is 0 Å². The lowest BCUT2D eigenvalue weighted by Gasteiger charge is -2.04. The second-order valence-corrected chi connectivity index (χ2v) is 3.92. The van der Waals surface area contributed by atoms with Crippen LogP contribution in [0.15, 0.2) is 35.5 Å². The Kier molecular flexibility index (Phi) is 4.34. The smallest absolute Gasteiger partial charge is 0.269 e. The van der Waals surface area contributed by atoms with Crippen LogP contribution in [-0.4, -0.2) is 9.91 Å². The molecule has 0 unspecified atom stereocenters. The van der Waals surface area contributed by atoms with Gasteiger partial charge in [0.05, 0.1) is 4.92 Å². The summed E-state index contributed by atoms with van der Waals surface area (Å²) in [6.07, 6.45) is 0.262. The molecule has 0 amide bonds. The molecule has 0 aliphatic heterocycles. The number of hydrogen-bond donors (Lipinski definition) is 2. The van der Waals surface area contributed by atoms with Gasteiger partial charge in [0, 0.05) is 24.3 Å². The molecule has 0 aliphatic carbocycles. The van der Waals surface area contributed by atoms with Crippen molar-refractivity contribution in [3.8, 4) is 6.07 Å². The molecule has 1 aromatic rings. The van der Waals surface area contributed by atoms with Crippen LogP contribution in [0.3, 0.4) is 0 Å². The largest absolute Gasteiger partial charge is 0.401 e. The van der Waals surface area contributed by atoms with Crippen molar-refractivity contribution in [1.29, 1.82) is 5.26 Å². The van der Waals surface area contributed by atoms with Crippen LogP contribution in [0.25, 0.3) is 0 Å². The molecule has 0 saturated carbocycles. The van der Waals surface area contributed by atoms with Crippen LogP contribution in [0, 0.1) is 21.4 Å². The third-order valence-corrected chi connectivity index (χ3v) is 2.43. The molecule has 0 aromatic heterocycles. The zero-order valence-electron chi connectivity index (χ0n) is 9.29.